The first kappa shape index (κ1) is 17.3. The minimum atomic E-state index is -0.0215. The molecule has 1 aliphatic rings. The van der Waals surface area contributed by atoms with E-state index in [1.54, 1.807) is 18.8 Å². The van der Waals surface area contributed by atoms with Gasteiger partial charge in [-0.15, -0.1) is 0 Å². The van der Waals surface area contributed by atoms with Gasteiger partial charge in [0.25, 0.3) is 5.91 Å². The van der Waals surface area contributed by atoms with Crippen molar-refractivity contribution in [3.63, 3.8) is 0 Å². The van der Waals surface area contributed by atoms with Gasteiger partial charge in [-0.05, 0) is 32.9 Å². The highest BCUT2D eigenvalue weighted by molar-refractivity contribution is 5.98. The molecule has 0 N–H and O–H groups in total. The van der Waals surface area contributed by atoms with Crippen LogP contribution in [0.1, 0.15) is 28.7 Å². The number of pyridine rings is 1. The van der Waals surface area contributed by atoms with Crippen molar-refractivity contribution in [3.8, 4) is 5.88 Å². The van der Waals surface area contributed by atoms with Gasteiger partial charge in [0.2, 0.25) is 5.88 Å². The third kappa shape index (κ3) is 3.18. The number of hydrogen-bond acceptors (Lipinski definition) is 5. The zero-order chi connectivity index (χ0) is 18.1. The molecule has 1 amide bonds. The lowest BCUT2D eigenvalue weighted by molar-refractivity contribution is 0.0669. The lowest BCUT2D eigenvalue weighted by Crippen LogP contribution is -2.54. The number of carbonyl (C=O) groups excluding carboxylic acids is 1. The fraction of sp³-hybridized carbons (Fsp3) is 0.500. The number of rotatable bonds is 3. The Labute approximate surface area is 148 Å². The van der Waals surface area contributed by atoms with Gasteiger partial charge in [0.1, 0.15) is 11.4 Å². The van der Waals surface area contributed by atoms with Crippen LogP contribution in [0.4, 0.5) is 5.82 Å². The van der Waals surface area contributed by atoms with Crippen molar-refractivity contribution in [3.05, 3.63) is 35.2 Å². The average molecular weight is 343 g/mol. The number of piperazine rings is 1. The van der Waals surface area contributed by atoms with E-state index in [9.17, 15) is 4.79 Å². The molecule has 7 heteroatoms. The molecule has 3 rings (SSSR count). The standard InChI is InChI=1S/C18H25N5O2/c1-12-7-6-8-15(19-12)22-9-10-23(13(2)11-22)17(24)16-14(3)20-21(4)18(16)25-5/h6-8,13H,9-11H2,1-5H3/t13-/m0/s1. The summed E-state index contributed by atoms with van der Waals surface area (Å²) in [7, 11) is 3.35. The number of anilines is 1. The van der Waals surface area contributed by atoms with E-state index in [4.69, 9.17) is 4.74 Å². The highest BCUT2D eigenvalue weighted by atomic mass is 16.5. The van der Waals surface area contributed by atoms with Gasteiger partial charge < -0.3 is 14.5 Å². The van der Waals surface area contributed by atoms with Gasteiger partial charge in [-0.1, -0.05) is 6.07 Å². The van der Waals surface area contributed by atoms with E-state index >= 15 is 0 Å². The monoisotopic (exact) mass is 343 g/mol. The first-order chi connectivity index (χ1) is 11.9. The Morgan fingerprint density at radius 1 is 1.28 bits per heavy atom. The fourth-order valence-corrected chi connectivity index (χ4v) is 3.43. The smallest absolute Gasteiger partial charge is 0.261 e. The van der Waals surface area contributed by atoms with Crippen LogP contribution in [-0.4, -0.2) is 58.4 Å². The molecule has 1 aliphatic heterocycles. The Morgan fingerprint density at radius 3 is 2.68 bits per heavy atom. The third-order valence-electron chi connectivity index (χ3n) is 4.66. The third-order valence-corrected chi connectivity index (χ3v) is 4.66. The van der Waals surface area contributed by atoms with Crippen LogP contribution in [0, 0.1) is 13.8 Å². The van der Waals surface area contributed by atoms with E-state index in [1.165, 1.54) is 0 Å². The molecule has 2 aromatic heterocycles. The topological polar surface area (TPSA) is 63.5 Å². The number of carbonyl (C=O) groups is 1. The summed E-state index contributed by atoms with van der Waals surface area (Å²) in [6.07, 6.45) is 0. The molecule has 0 spiro atoms. The molecule has 1 fully saturated rings. The van der Waals surface area contributed by atoms with Crippen LogP contribution < -0.4 is 9.64 Å². The van der Waals surface area contributed by atoms with Gasteiger partial charge in [-0.2, -0.15) is 5.10 Å². The summed E-state index contributed by atoms with van der Waals surface area (Å²) in [6.45, 7) is 8.06. The summed E-state index contributed by atoms with van der Waals surface area (Å²) in [6, 6.07) is 6.10. The van der Waals surface area contributed by atoms with Crippen LogP contribution in [-0.2, 0) is 7.05 Å². The molecule has 0 saturated carbocycles. The normalized spacial score (nSPS) is 17.7. The van der Waals surface area contributed by atoms with E-state index in [-0.39, 0.29) is 11.9 Å². The van der Waals surface area contributed by atoms with E-state index in [0.717, 1.165) is 24.6 Å². The molecule has 1 atom stereocenters. The van der Waals surface area contributed by atoms with Crippen LogP contribution in [0.3, 0.4) is 0 Å². The number of hydrogen-bond donors (Lipinski definition) is 0. The lowest BCUT2D eigenvalue weighted by Gasteiger charge is -2.40. The summed E-state index contributed by atoms with van der Waals surface area (Å²) < 4.78 is 6.99. The Kier molecular flexibility index (Phi) is 4.65. The van der Waals surface area contributed by atoms with E-state index in [0.29, 0.717) is 23.7 Å². The van der Waals surface area contributed by atoms with E-state index < -0.39 is 0 Å². The molecule has 134 valence electrons. The number of methoxy groups -OCH3 is 1. The van der Waals surface area contributed by atoms with Crippen LogP contribution in [0.15, 0.2) is 18.2 Å². The molecule has 0 aromatic carbocycles. The number of aryl methyl sites for hydroxylation is 3. The second-order valence-corrected chi connectivity index (χ2v) is 6.52. The molecule has 0 radical (unpaired) electrons. The van der Waals surface area contributed by atoms with Gasteiger partial charge in [-0.25, -0.2) is 9.67 Å². The highest BCUT2D eigenvalue weighted by Crippen LogP contribution is 2.25. The maximum Gasteiger partial charge on any atom is 0.261 e. The summed E-state index contributed by atoms with van der Waals surface area (Å²) in [5.74, 6) is 1.46. The molecular weight excluding hydrogens is 318 g/mol. The van der Waals surface area contributed by atoms with Crippen molar-refractivity contribution in [1.82, 2.24) is 19.7 Å². The van der Waals surface area contributed by atoms with Gasteiger partial charge in [-0.3, -0.25) is 4.79 Å². The summed E-state index contributed by atoms with van der Waals surface area (Å²) >= 11 is 0. The fourth-order valence-electron chi connectivity index (χ4n) is 3.43. The number of aromatic nitrogens is 3. The van der Waals surface area contributed by atoms with Crippen molar-refractivity contribution in [2.24, 2.45) is 7.05 Å². The second kappa shape index (κ2) is 6.74. The van der Waals surface area contributed by atoms with Crippen molar-refractivity contribution < 1.29 is 9.53 Å². The maximum atomic E-state index is 13.1. The zero-order valence-corrected chi connectivity index (χ0v) is 15.5. The lowest BCUT2D eigenvalue weighted by atomic mass is 10.1. The Bertz CT molecular complexity index is 786. The molecular formula is C18H25N5O2. The number of nitrogens with zero attached hydrogens (tertiary/aromatic N) is 5. The maximum absolute atomic E-state index is 13.1. The van der Waals surface area contributed by atoms with Gasteiger partial charge >= 0.3 is 0 Å². The first-order valence-electron chi connectivity index (χ1n) is 8.49. The molecule has 0 unspecified atom stereocenters. The Hall–Kier alpha value is -2.57. The van der Waals surface area contributed by atoms with E-state index in [2.05, 4.69) is 21.9 Å². The summed E-state index contributed by atoms with van der Waals surface area (Å²) in [5, 5.41) is 4.32. The molecule has 0 bridgehead atoms. The summed E-state index contributed by atoms with van der Waals surface area (Å²) in [4.78, 5) is 21.8. The first-order valence-corrected chi connectivity index (χ1v) is 8.49. The predicted molar refractivity (Wildman–Crippen MR) is 96.2 cm³/mol. The SMILES string of the molecule is COc1c(C(=O)N2CCN(c3cccc(C)n3)C[C@@H]2C)c(C)nn1C. The largest absolute Gasteiger partial charge is 0.481 e. The number of ether oxygens (including phenoxy) is 1. The second-order valence-electron chi connectivity index (χ2n) is 6.52. The van der Waals surface area contributed by atoms with Crippen LogP contribution in [0.25, 0.3) is 0 Å². The minimum absolute atomic E-state index is 0.0215. The van der Waals surface area contributed by atoms with Crippen LogP contribution in [0.5, 0.6) is 5.88 Å². The van der Waals surface area contributed by atoms with Crippen molar-refractivity contribution in [2.75, 3.05) is 31.6 Å². The molecule has 7 nitrogen and oxygen atoms in total. The molecule has 3 heterocycles. The van der Waals surface area contributed by atoms with Crippen LogP contribution >= 0.6 is 0 Å². The zero-order valence-electron chi connectivity index (χ0n) is 15.5. The van der Waals surface area contributed by atoms with E-state index in [1.807, 2.05) is 36.9 Å². The van der Waals surface area contributed by atoms with Gasteiger partial charge in [0.05, 0.1) is 12.8 Å². The summed E-state index contributed by atoms with van der Waals surface area (Å²) in [5.41, 5.74) is 2.25. The quantitative estimate of drug-likeness (QED) is 0.850. The molecule has 2 aromatic rings. The molecule has 1 saturated heterocycles. The van der Waals surface area contributed by atoms with Crippen LogP contribution in [0.2, 0.25) is 0 Å². The highest BCUT2D eigenvalue weighted by Gasteiger charge is 2.32. The molecule has 0 aliphatic carbocycles. The average Bonchev–Trinajstić information content (AvgIpc) is 2.87. The molecule has 25 heavy (non-hydrogen) atoms. The Balaban J connectivity index is 1.79. The number of amides is 1. The van der Waals surface area contributed by atoms with Crippen molar-refractivity contribution in [2.45, 2.75) is 26.8 Å². The Morgan fingerprint density at radius 2 is 2.04 bits per heavy atom. The van der Waals surface area contributed by atoms with Gasteiger partial charge in [0.15, 0.2) is 0 Å². The van der Waals surface area contributed by atoms with Crippen molar-refractivity contribution in [1.29, 1.82) is 0 Å². The predicted octanol–water partition coefficient (Wildman–Crippen LogP) is 1.79. The minimum Gasteiger partial charge on any atom is -0.481 e. The van der Waals surface area contributed by atoms with Crippen molar-refractivity contribution >= 4 is 11.7 Å². The van der Waals surface area contributed by atoms with Gasteiger partial charge in [0, 0.05) is 38.4 Å².